The van der Waals surface area contributed by atoms with Gasteiger partial charge in [-0.2, -0.15) is 0 Å². The summed E-state index contributed by atoms with van der Waals surface area (Å²) in [5.74, 6) is 0. The van der Waals surface area contributed by atoms with Gasteiger partial charge in [-0.05, 0) is 124 Å². The average molecular weight is 655 g/mol. The van der Waals surface area contributed by atoms with Crippen LogP contribution >= 0.6 is 11.3 Å². The molecule has 1 aromatic heterocycles. The second kappa shape index (κ2) is 10.3. The third-order valence-corrected chi connectivity index (χ3v) is 12.8. The van der Waals surface area contributed by atoms with Crippen molar-refractivity contribution in [1.82, 2.24) is 0 Å². The largest absolute Gasteiger partial charge is 0.135 e. The molecule has 0 atom stereocenters. The van der Waals surface area contributed by atoms with E-state index in [1.54, 1.807) is 0 Å². The molecule has 1 heterocycles. The highest BCUT2D eigenvalue weighted by Crippen LogP contribution is 2.54. The topological polar surface area (TPSA) is 0 Å². The van der Waals surface area contributed by atoms with Gasteiger partial charge in [0.2, 0.25) is 0 Å². The minimum absolute atomic E-state index is 0.104. The molecule has 2 aliphatic rings. The minimum atomic E-state index is -0.104. The zero-order chi connectivity index (χ0) is 33.1. The van der Waals surface area contributed by atoms with Crippen molar-refractivity contribution in [2.45, 2.75) is 32.1 Å². The first kappa shape index (κ1) is 28.3. The molecule has 0 bridgehead atoms. The molecule has 8 aromatic carbocycles. The molecule has 9 aromatic rings. The van der Waals surface area contributed by atoms with Gasteiger partial charge in [0, 0.05) is 25.6 Å². The summed E-state index contributed by atoms with van der Waals surface area (Å²) in [5, 5.41) is 13.4. The average Bonchev–Trinajstić information content (AvgIpc) is 3.63. The van der Waals surface area contributed by atoms with Crippen molar-refractivity contribution in [1.29, 1.82) is 0 Å². The maximum Gasteiger partial charge on any atom is 0.0361 e. The maximum atomic E-state index is 2.56. The summed E-state index contributed by atoms with van der Waals surface area (Å²) in [6, 6.07) is 50.5. The Balaban J connectivity index is 1.35. The van der Waals surface area contributed by atoms with E-state index in [9.17, 15) is 0 Å². The SMILES string of the molecule is CC1(C)c2ccccc2-c2cc(-c3c4c(c(-c5cccc6ccccc56)c5ccccc35)=CCCC=4)c3cc4c(cc3c21)sc1ccccc14. The highest BCUT2D eigenvalue weighted by molar-refractivity contribution is 7.25. The molecule has 0 radical (unpaired) electrons. The lowest BCUT2D eigenvalue weighted by molar-refractivity contribution is 0.666. The predicted molar refractivity (Wildman–Crippen MR) is 218 cm³/mol. The number of hydrogen-bond acceptors (Lipinski definition) is 1. The molecule has 0 fully saturated rings. The summed E-state index contributed by atoms with van der Waals surface area (Å²) < 4.78 is 2.71. The van der Waals surface area contributed by atoms with Crippen LogP contribution in [0.15, 0.2) is 133 Å². The Hall–Kier alpha value is -5.50. The highest BCUT2D eigenvalue weighted by Gasteiger charge is 2.38. The fraction of sp³-hybridized carbons (Fsp3) is 0.102. The van der Waals surface area contributed by atoms with E-state index in [-0.39, 0.29) is 5.41 Å². The van der Waals surface area contributed by atoms with Gasteiger partial charge >= 0.3 is 0 Å². The quantitative estimate of drug-likeness (QED) is 0.174. The van der Waals surface area contributed by atoms with Gasteiger partial charge in [0.15, 0.2) is 0 Å². The van der Waals surface area contributed by atoms with Gasteiger partial charge < -0.3 is 0 Å². The van der Waals surface area contributed by atoms with Crippen LogP contribution in [0.3, 0.4) is 0 Å². The van der Waals surface area contributed by atoms with E-state index in [1.165, 1.54) is 107 Å². The monoisotopic (exact) mass is 654 g/mol. The zero-order valence-corrected chi connectivity index (χ0v) is 29.0. The molecule has 11 rings (SSSR count). The molecule has 50 heavy (non-hydrogen) atoms. The molecule has 0 amide bonds. The molecule has 2 aliphatic carbocycles. The van der Waals surface area contributed by atoms with Crippen LogP contribution in [-0.4, -0.2) is 0 Å². The molecule has 0 unspecified atom stereocenters. The summed E-state index contributed by atoms with van der Waals surface area (Å²) >= 11 is 1.92. The molecule has 0 saturated heterocycles. The summed E-state index contributed by atoms with van der Waals surface area (Å²) in [7, 11) is 0. The van der Waals surface area contributed by atoms with E-state index in [1.807, 2.05) is 11.3 Å². The fourth-order valence-electron chi connectivity index (χ4n) is 9.51. The van der Waals surface area contributed by atoms with Gasteiger partial charge in [0.1, 0.15) is 0 Å². The number of thiophene rings is 1. The number of benzene rings is 8. The van der Waals surface area contributed by atoms with Gasteiger partial charge in [-0.1, -0.05) is 135 Å². The highest BCUT2D eigenvalue weighted by atomic mass is 32.1. The van der Waals surface area contributed by atoms with Gasteiger partial charge in [0.25, 0.3) is 0 Å². The van der Waals surface area contributed by atoms with Crippen molar-refractivity contribution in [3.05, 3.63) is 155 Å². The van der Waals surface area contributed by atoms with Crippen LogP contribution in [0.5, 0.6) is 0 Å². The Labute approximate surface area is 295 Å². The lowest BCUT2D eigenvalue weighted by atomic mass is 9.78. The van der Waals surface area contributed by atoms with E-state index in [0.717, 1.165) is 12.8 Å². The van der Waals surface area contributed by atoms with Gasteiger partial charge in [-0.15, -0.1) is 11.3 Å². The third kappa shape index (κ3) is 3.76. The zero-order valence-electron chi connectivity index (χ0n) is 28.2. The molecule has 0 saturated carbocycles. The summed E-state index contributed by atoms with van der Waals surface area (Å²) in [5.41, 5.74) is 10.9. The van der Waals surface area contributed by atoms with Crippen LogP contribution in [0, 0.1) is 0 Å². The minimum Gasteiger partial charge on any atom is -0.135 e. The number of rotatable bonds is 2. The molecule has 1 heteroatoms. The number of hydrogen-bond donors (Lipinski definition) is 0. The van der Waals surface area contributed by atoms with E-state index < -0.39 is 0 Å². The van der Waals surface area contributed by atoms with Gasteiger partial charge in [-0.25, -0.2) is 0 Å². The van der Waals surface area contributed by atoms with Crippen molar-refractivity contribution in [2.75, 3.05) is 0 Å². The molecule has 0 nitrogen and oxygen atoms in total. The Morgan fingerprint density at radius 2 is 1.06 bits per heavy atom. The lowest BCUT2D eigenvalue weighted by Gasteiger charge is -2.25. The molecule has 236 valence electrons. The second-order valence-electron chi connectivity index (χ2n) is 14.6. The van der Waals surface area contributed by atoms with Gasteiger partial charge in [-0.3, -0.25) is 0 Å². The molecule has 0 aliphatic heterocycles. The van der Waals surface area contributed by atoms with Crippen molar-refractivity contribution in [3.8, 4) is 33.4 Å². The molecular weight excluding hydrogens is 621 g/mol. The van der Waals surface area contributed by atoms with Crippen LogP contribution < -0.4 is 10.4 Å². The smallest absolute Gasteiger partial charge is 0.0361 e. The summed E-state index contributed by atoms with van der Waals surface area (Å²) in [6.45, 7) is 4.84. The van der Waals surface area contributed by atoms with Crippen molar-refractivity contribution < 1.29 is 0 Å². The maximum absolute atomic E-state index is 2.56. The Bertz CT molecular complexity index is 3060. The second-order valence-corrected chi connectivity index (χ2v) is 15.7. The van der Waals surface area contributed by atoms with E-state index in [2.05, 4.69) is 159 Å². The van der Waals surface area contributed by atoms with Crippen LogP contribution in [0.25, 0.3) is 98.0 Å². The Kier molecular flexibility index (Phi) is 5.82. The van der Waals surface area contributed by atoms with E-state index in [4.69, 9.17) is 0 Å². The summed E-state index contributed by atoms with van der Waals surface area (Å²) in [6.07, 6.45) is 7.14. The number of fused-ring (bicyclic) bond motifs is 11. The molecule has 0 spiro atoms. The standard InChI is InChI=1S/C49H34S/c1-49(2)43-24-11-9-17-31(43)41-27-40(38-26-39-32-18-10-12-25-44(32)50-45(39)28-42(38)48(41)49)47-36-21-7-5-19-34(36)46(35-20-6-8-22-37(35)47)33-23-13-15-29-14-3-4-16-30(29)33/h3-5,7,9-28H,6,8H2,1-2H3. The van der Waals surface area contributed by atoms with E-state index in [0.29, 0.717) is 0 Å². The fourth-order valence-corrected chi connectivity index (χ4v) is 10.6. The first-order chi connectivity index (χ1) is 24.6. The lowest BCUT2D eigenvalue weighted by Crippen LogP contribution is -2.31. The van der Waals surface area contributed by atoms with Crippen LogP contribution in [-0.2, 0) is 5.41 Å². The van der Waals surface area contributed by atoms with Crippen molar-refractivity contribution in [3.63, 3.8) is 0 Å². The van der Waals surface area contributed by atoms with Gasteiger partial charge in [0.05, 0.1) is 0 Å². The molecular formula is C49H34S. The summed E-state index contributed by atoms with van der Waals surface area (Å²) in [4.78, 5) is 0. The first-order valence-electron chi connectivity index (χ1n) is 17.8. The Morgan fingerprint density at radius 3 is 1.86 bits per heavy atom. The van der Waals surface area contributed by atoms with Crippen LogP contribution in [0.2, 0.25) is 0 Å². The van der Waals surface area contributed by atoms with E-state index >= 15 is 0 Å². The van der Waals surface area contributed by atoms with Crippen molar-refractivity contribution >= 4 is 76.0 Å². The third-order valence-electron chi connectivity index (χ3n) is 11.6. The first-order valence-corrected chi connectivity index (χ1v) is 18.7. The van der Waals surface area contributed by atoms with Crippen LogP contribution in [0.1, 0.15) is 37.8 Å². The predicted octanol–water partition coefficient (Wildman–Crippen LogP) is 12.5. The van der Waals surface area contributed by atoms with Crippen molar-refractivity contribution in [2.24, 2.45) is 0 Å². The van der Waals surface area contributed by atoms with Crippen LogP contribution in [0.4, 0.5) is 0 Å². The normalized spacial score (nSPS) is 14.5. The Morgan fingerprint density at radius 1 is 0.440 bits per heavy atom. The molecule has 0 N–H and O–H groups in total.